The van der Waals surface area contributed by atoms with E-state index in [1.54, 1.807) is 23.9 Å². The summed E-state index contributed by atoms with van der Waals surface area (Å²) in [6.07, 6.45) is 1.39. The molecule has 0 saturated heterocycles. The van der Waals surface area contributed by atoms with Crippen LogP contribution in [0.15, 0.2) is 52.0 Å². The van der Waals surface area contributed by atoms with E-state index in [9.17, 15) is 4.79 Å². The molecule has 18 heavy (non-hydrogen) atoms. The fourth-order valence-corrected chi connectivity index (χ4v) is 2.83. The Kier molecular flexibility index (Phi) is 4.38. The van der Waals surface area contributed by atoms with E-state index in [2.05, 4.69) is 20.9 Å². The molecule has 2 aromatic rings. The predicted octanol–water partition coefficient (Wildman–Crippen LogP) is 3.83. The summed E-state index contributed by atoms with van der Waals surface area (Å²) in [5, 5.41) is 8.77. The second-order valence-corrected chi connectivity index (χ2v) is 5.43. The van der Waals surface area contributed by atoms with Gasteiger partial charge in [-0.25, -0.2) is 4.79 Å². The number of hydrogen-bond acceptors (Lipinski definition) is 3. The molecular weight excluding hydrogens is 314 g/mol. The number of pyridine rings is 1. The number of halogens is 1. The van der Waals surface area contributed by atoms with Crippen molar-refractivity contribution in [3.05, 3.63) is 58.3 Å². The van der Waals surface area contributed by atoms with Crippen LogP contribution in [-0.2, 0) is 5.75 Å². The quantitative estimate of drug-likeness (QED) is 0.868. The van der Waals surface area contributed by atoms with E-state index in [1.807, 2.05) is 24.3 Å². The monoisotopic (exact) mass is 323 g/mol. The minimum Gasteiger partial charge on any atom is -0.478 e. The fourth-order valence-electron chi connectivity index (χ4n) is 1.35. The Hall–Kier alpha value is -1.33. The fraction of sp³-hybridized carbons (Fsp3) is 0.0769. The van der Waals surface area contributed by atoms with Crippen molar-refractivity contribution in [2.24, 2.45) is 0 Å². The van der Waals surface area contributed by atoms with Crippen molar-refractivity contribution in [3.8, 4) is 0 Å². The predicted molar refractivity (Wildman–Crippen MR) is 74.9 cm³/mol. The van der Waals surface area contributed by atoms with Crippen LogP contribution >= 0.6 is 27.7 Å². The molecule has 0 aliphatic heterocycles. The van der Waals surface area contributed by atoms with Crippen LogP contribution in [0.25, 0.3) is 0 Å². The number of aromatic carboxylic acids is 1. The van der Waals surface area contributed by atoms with E-state index in [4.69, 9.17) is 5.11 Å². The van der Waals surface area contributed by atoms with E-state index < -0.39 is 5.97 Å². The zero-order valence-corrected chi connectivity index (χ0v) is 11.7. The number of rotatable bonds is 4. The molecule has 1 heterocycles. The van der Waals surface area contributed by atoms with Gasteiger partial charge in [-0.15, -0.1) is 11.8 Å². The lowest BCUT2D eigenvalue weighted by atomic mass is 10.2. The molecule has 1 N–H and O–H groups in total. The Labute approximate surface area is 117 Å². The first-order valence-corrected chi connectivity index (χ1v) is 7.00. The van der Waals surface area contributed by atoms with Gasteiger partial charge < -0.3 is 5.11 Å². The van der Waals surface area contributed by atoms with Gasteiger partial charge in [0.25, 0.3) is 0 Å². The maximum atomic E-state index is 10.7. The minimum atomic E-state index is -0.951. The average Bonchev–Trinajstić information content (AvgIpc) is 2.38. The zero-order chi connectivity index (χ0) is 13.0. The maximum Gasteiger partial charge on any atom is 0.337 e. The summed E-state index contributed by atoms with van der Waals surface area (Å²) >= 11 is 5.14. The molecule has 92 valence electrons. The van der Waals surface area contributed by atoms with Gasteiger partial charge in [-0.05, 0) is 40.2 Å². The highest BCUT2D eigenvalue weighted by Crippen LogP contribution is 2.29. The van der Waals surface area contributed by atoms with Gasteiger partial charge >= 0.3 is 5.97 Å². The number of thioether (sulfide) groups is 1. The summed E-state index contributed by atoms with van der Waals surface area (Å²) in [4.78, 5) is 16.0. The molecule has 2 rings (SSSR count). The van der Waals surface area contributed by atoms with Crippen LogP contribution in [-0.4, -0.2) is 16.1 Å². The summed E-state index contributed by atoms with van der Waals surface area (Å²) in [7, 11) is 0. The highest BCUT2D eigenvalue weighted by Gasteiger charge is 2.04. The zero-order valence-electron chi connectivity index (χ0n) is 9.34. The molecule has 0 bridgehead atoms. The Bertz CT molecular complexity index is 557. The van der Waals surface area contributed by atoms with E-state index in [0.29, 0.717) is 5.75 Å². The lowest BCUT2D eigenvalue weighted by Gasteiger charge is -2.03. The molecule has 0 unspecified atom stereocenters. The third-order valence-electron chi connectivity index (χ3n) is 2.28. The number of carbonyl (C=O) groups is 1. The number of hydrogen-bond donors (Lipinski definition) is 1. The molecule has 0 spiro atoms. The highest BCUT2D eigenvalue weighted by molar-refractivity contribution is 9.10. The molecule has 0 aliphatic rings. The van der Waals surface area contributed by atoms with Crippen LogP contribution in [0.2, 0.25) is 0 Å². The molecule has 1 aromatic heterocycles. The Balaban J connectivity index is 2.02. The summed E-state index contributed by atoms with van der Waals surface area (Å²) in [6, 6.07) is 11.3. The standard InChI is InChI=1S/C13H10BrNO2S/c14-11-3-1-2-4-12(11)18-8-10-6-5-9(7-15-10)13(16)17/h1-7H,8H2,(H,16,17). The maximum absolute atomic E-state index is 10.7. The number of aromatic nitrogens is 1. The molecule has 0 saturated carbocycles. The van der Waals surface area contributed by atoms with Crippen molar-refractivity contribution >= 4 is 33.7 Å². The molecule has 0 aliphatic carbocycles. The Morgan fingerprint density at radius 3 is 2.67 bits per heavy atom. The number of nitrogens with zero attached hydrogens (tertiary/aromatic N) is 1. The van der Waals surface area contributed by atoms with Crippen LogP contribution in [0, 0.1) is 0 Å². The topological polar surface area (TPSA) is 50.2 Å². The van der Waals surface area contributed by atoms with Gasteiger partial charge in [0.2, 0.25) is 0 Å². The Morgan fingerprint density at radius 2 is 2.06 bits per heavy atom. The summed E-state index contributed by atoms with van der Waals surface area (Å²) < 4.78 is 1.05. The van der Waals surface area contributed by atoms with E-state index >= 15 is 0 Å². The van der Waals surface area contributed by atoms with Gasteiger partial charge in [-0.2, -0.15) is 0 Å². The first kappa shape index (κ1) is 13.1. The number of carboxylic acid groups (broad SMARTS) is 1. The van der Waals surface area contributed by atoms with Gasteiger partial charge in [-0.1, -0.05) is 12.1 Å². The van der Waals surface area contributed by atoms with Crippen molar-refractivity contribution in [2.45, 2.75) is 10.6 Å². The van der Waals surface area contributed by atoms with Gasteiger partial charge in [0.1, 0.15) is 0 Å². The normalized spacial score (nSPS) is 10.3. The van der Waals surface area contributed by atoms with Crippen molar-refractivity contribution in [2.75, 3.05) is 0 Å². The molecule has 0 amide bonds. The van der Waals surface area contributed by atoms with Gasteiger partial charge in [-0.3, -0.25) is 4.98 Å². The van der Waals surface area contributed by atoms with E-state index in [-0.39, 0.29) is 5.56 Å². The third kappa shape index (κ3) is 3.34. The van der Waals surface area contributed by atoms with Gasteiger partial charge in [0, 0.05) is 21.3 Å². The lowest BCUT2D eigenvalue weighted by molar-refractivity contribution is 0.0696. The van der Waals surface area contributed by atoms with Crippen LogP contribution in [0.4, 0.5) is 0 Å². The number of carboxylic acids is 1. The SMILES string of the molecule is O=C(O)c1ccc(CSc2ccccc2Br)nc1. The third-order valence-corrected chi connectivity index (χ3v) is 4.34. The molecule has 1 aromatic carbocycles. The lowest BCUT2D eigenvalue weighted by Crippen LogP contribution is -1.98. The molecule has 0 fully saturated rings. The first-order chi connectivity index (χ1) is 8.66. The van der Waals surface area contributed by atoms with Crippen LogP contribution < -0.4 is 0 Å². The second-order valence-electron chi connectivity index (χ2n) is 3.56. The van der Waals surface area contributed by atoms with Gasteiger partial charge in [0.05, 0.1) is 11.3 Å². The van der Waals surface area contributed by atoms with Gasteiger partial charge in [0.15, 0.2) is 0 Å². The van der Waals surface area contributed by atoms with Crippen molar-refractivity contribution < 1.29 is 9.90 Å². The van der Waals surface area contributed by atoms with Crippen molar-refractivity contribution in [1.29, 1.82) is 0 Å². The first-order valence-electron chi connectivity index (χ1n) is 5.22. The van der Waals surface area contributed by atoms with Crippen LogP contribution in [0.5, 0.6) is 0 Å². The van der Waals surface area contributed by atoms with Crippen molar-refractivity contribution in [3.63, 3.8) is 0 Å². The second kappa shape index (κ2) is 6.02. The minimum absolute atomic E-state index is 0.213. The summed E-state index contributed by atoms with van der Waals surface area (Å²) in [6.45, 7) is 0. The largest absolute Gasteiger partial charge is 0.478 e. The molecular formula is C13H10BrNO2S. The smallest absolute Gasteiger partial charge is 0.337 e. The summed E-state index contributed by atoms with van der Waals surface area (Å²) in [5.74, 6) is -0.241. The van der Waals surface area contributed by atoms with Crippen LogP contribution in [0.3, 0.4) is 0 Å². The number of benzene rings is 1. The highest BCUT2D eigenvalue weighted by atomic mass is 79.9. The van der Waals surface area contributed by atoms with E-state index in [0.717, 1.165) is 15.1 Å². The molecule has 5 heteroatoms. The van der Waals surface area contributed by atoms with Crippen LogP contribution in [0.1, 0.15) is 16.1 Å². The van der Waals surface area contributed by atoms with Crippen molar-refractivity contribution in [1.82, 2.24) is 4.98 Å². The Morgan fingerprint density at radius 1 is 1.28 bits per heavy atom. The van der Waals surface area contributed by atoms with E-state index in [1.165, 1.54) is 6.20 Å². The molecule has 0 atom stereocenters. The summed E-state index contributed by atoms with van der Waals surface area (Å²) in [5.41, 5.74) is 1.07. The average molecular weight is 324 g/mol. The molecule has 0 radical (unpaired) electrons. The molecule has 3 nitrogen and oxygen atoms in total.